The van der Waals surface area contributed by atoms with E-state index in [0.29, 0.717) is 119 Å². The lowest BCUT2D eigenvalue weighted by atomic mass is 10.1. The normalized spacial score (nSPS) is 16.9. The molecule has 3 aliphatic rings. The van der Waals surface area contributed by atoms with Crippen LogP contribution in [-0.4, -0.2) is 272 Å². The van der Waals surface area contributed by atoms with Gasteiger partial charge in [-0.3, -0.25) is 4.90 Å². The molecule has 0 amide bonds. The van der Waals surface area contributed by atoms with Crippen molar-refractivity contribution in [1.29, 1.82) is 0 Å². The van der Waals surface area contributed by atoms with E-state index in [1.165, 1.54) is 65.1 Å². The van der Waals surface area contributed by atoms with Crippen molar-refractivity contribution in [2.75, 3.05) is 252 Å². The van der Waals surface area contributed by atoms with Crippen molar-refractivity contribution in [2.24, 2.45) is 0 Å². The molecule has 17 heteroatoms. The molecular formula is C44H92N4O13. The first-order valence-corrected chi connectivity index (χ1v) is 23.3. The van der Waals surface area contributed by atoms with E-state index in [1.807, 2.05) is 0 Å². The zero-order chi connectivity index (χ0) is 43.8. The molecule has 0 aromatic heterocycles. The Morgan fingerprint density at radius 3 is 0.918 bits per heavy atom. The number of morpholine rings is 1. The highest BCUT2D eigenvalue weighted by Crippen LogP contribution is 2.08. The average Bonchev–Trinajstić information content (AvgIpc) is 3.29. The molecule has 0 unspecified atom stereocenters. The van der Waals surface area contributed by atoms with E-state index in [1.54, 1.807) is 21.3 Å². The van der Waals surface area contributed by atoms with Gasteiger partial charge in [0, 0.05) is 100 Å². The monoisotopic (exact) mass is 885 g/mol. The van der Waals surface area contributed by atoms with E-state index in [4.69, 9.17) is 61.6 Å². The van der Waals surface area contributed by atoms with Gasteiger partial charge >= 0.3 is 0 Å². The summed E-state index contributed by atoms with van der Waals surface area (Å²) >= 11 is 0. The van der Waals surface area contributed by atoms with Crippen LogP contribution < -0.4 is 0 Å². The molecule has 3 heterocycles. The fraction of sp³-hybridized carbons (Fsp3) is 1.00. The molecule has 0 bridgehead atoms. The van der Waals surface area contributed by atoms with Gasteiger partial charge in [0.15, 0.2) is 0 Å². The second-order valence-electron chi connectivity index (χ2n) is 15.1. The zero-order valence-electron chi connectivity index (χ0n) is 39.4. The maximum Gasteiger partial charge on any atom is 0.0701 e. The van der Waals surface area contributed by atoms with Crippen LogP contribution in [0.2, 0.25) is 0 Å². The van der Waals surface area contributed by atoms with Crippen molar-refractivity contribution in [1.82, 2.24) is 19.6 Å². The number of hydrogen-bond donors (Lipinski definition) is 0. The molecule has 0 aromatic carbocycles. The fourth-order valence-corrected chi connectivity index (χ4v) is 6.30. The quantitative estimate of drug-likeness (QED) is 0.0836. The first kappa shape index (κ1) is 58.3. The summed E-state index contributed by atoms with van der Waals surface area (Å²) < 4.78 is 68.7. The van der Waals surface area contributed by atoms with Crippen LogP contribution in [0.25, 0.3) is 0 Å². The van der Waals surface area contributed by atoms with E-state index in [9.17, 15) is 0 Å². The number of ether oxygens (including phenoxy) is 13. The summed E-state index contributed by atoms with van der Waals surface area (Å²) in [5.41, 5.74) is 0. The standard InChI is InChI=1S/C15H32N2O4.C15H31NO4.C14H29NO5/c1-16-5-7-17(8-6-16)4-3-9-19-12-13-21-15-14-20-11-10-18-2;1-17-10-11-19-14-15-20-13-12-18-9-5-8-16-6-3-2-4-7-16;1-16-9-10-19-13-14-20-12-11-17-6-2-3-15-4-7-18-8-5-15/h3-15H2,1-2H3;2-15H2,1H3;2-14H2,1H3. The molecule has 61 heavy (non-hydrogen) atoms. The van der Waals surface area contributed by atoms with Crippen molar-refractivity contribution >= 4 is 0 Å². The van der Waals surface area contributed by atoms with Crippen molar-refractivity contribution in [2.45, 2.75) is 38.5 Å². The molecule has 17 nitrogen and oxygen atoms in total. The molecule has 3 saturated heterocycles. The molecule has 366 valence electrons. The summed E-state index contributed by atoms with van der Waals surface area (Å²) in [6.07, 6.45) is 7.42. The number of piperidine rings is 1. The minimum atomic E-state index is 0.611. The van der Waals surface area contributed by atoms with Crippen LogP contribution in [0.3, 0.4) is 0 Å². The van der Waals surface area contributed by atoms with Crippen LogP contribution >= 0.6 is 0 Å². The average molecular weight is 885 g/mol. The van der Waals surface area contributed by atoms with Gasteiger partial charge in [0.1, 0.15) is 0 Å². The lowest BCUT2D eigenvalue weighted by Gasteiger charge is -2.32. The lowest BCUT2D eigenvalue weighted by Crippen LogP contribution is -2.44. The number of piperazine rings is 1. The predicted octanol–water partition coefficient (Wildman–Crippen LogP) is 2.28. The van der Waals surface area contributed by atoms with Crippen LogP contribution in [0.1, 0.15) is 38.5 Å². The first-order chi connectivity index (χ1) is 30.2. The molecule has 0 atom stereocenters. The van der Waals surface area contributed by atoms with Crippen molar-refractivity contribution in [3.05, 3.63) is 0 Å². The second kappa shape index (κ2) is 48.8. The molecule has 0 spiro atoms. The minimum Gasteiger partial charge on any atom is -0.382 e. The van der Waals surface area contributed by atoms with Crippen molar-refractivity contribution in [3.8, 4) is 0 Å². The summed E-state index contributed by atoms with van der Waals surface area (Å²) in [5, 5.41) is 0. The zero-order valence-corrected chi connectivity index (χ0v) is 39.4. The Kier molecular flexibility index (Phi) is 46.6. The van der Waals surface area contributed by atoms with Gasteiger partial charge in [0.05, 0.1) is 132 Å². The van der Waals surface area contributed by atoms with Gasteiger partial charge in [-0.1, -0.05) is 6.42 Å². The third-order valence-corrected chi connectivity index (χ3v) is 9.96. The van der Waals surface area contributed by atoms with E-state index in [-0.39, 0.29) is 0 Å². The summed E-state index contributed by atoms with van der Waals surface area (Å²) in [5.74, 6) is 0. The first-order valence-electron chi connectivity index (χ1n) is 23.3. The van der Waals surface area contributed by atoms with Gasteiger partial charge in [0.25, 0.3) is 0 Å². The third-order valence-electron chi connectivity index (χ3n) is 9.96. The lowest BCUT2D eigenvalue weighted by molar-refractivity contribution is 0.000382. The number of nitrogens with zero attached hydrogens (tertiary/aromatic N) is 4. The van der Waals surface area contributed by atoms with Gasteiger partial charge in [-0.2, -0.15) is 0 Å². The van der Waals surface area contributed by atoms with Gasteiger partial charge in [-0.15, -0.1) is 0 Å². The van der Waals surface area contributed by atoms with E-state index in [2.05, 4.69) is 26.6 Å². The summed E-state index contributed by atoms with van der Waals surface area (Å²) in [6.45, 7) is 28.4. The Morgan fingerprint density at radius 2 is 0.590 bits per heavy atom. The fourth-order valence-electron chi connectivity index (χ4n) is 6.30. The third kappa shape index (κ3) is 43.0. The van der Waals surface area contributed by atoms with Gasteiger partial charge in [-0.05, 0) is 52.2 Å². The smallest absolute Gasteiger partial charge is 0.0701 e. The number of rotatable bonds is 39. The van der Waals surface area contributed by atoms with Gasteiger partial charge < -0.3 is 76.3 Å². The molecule has 3 rings (SSSR count). The van der Waals surface area contributed by atoms with Crippen LogP contribution in [0.4, 0.5) is 0 Å². The van der Waals surface area contributed by atoms with Gasteiger partial charge in [-0.25, -0.2) is 0 Å². The van der Waals surface area contributed by atoms with Gasteiger partial charge in [0.2, 0.25) is 0 Å². The molecule has 0 aromatic rings. The van der Waals surface area contributed by atoms with E-state index >= 15 is 0 Å². The largest absolute Gasteiger partial charge is 0.382 e. The van der Waals surface area contributed by atoms with Crippen LogP contribution in [-0.2, 0) is 61.6 Å². The van der Waals surface area contributed by atoms with Crippen molar-refractivity contribution in [3.63, 3.8) is 0 Å². The Labute approximate surface area is 371 Å². The Morgan fingerprint density at radius 1 is 0.311 bits per heavy atom. The van der Waals surface area contributed by atoms with Crippen LogP contribution in [0.5, 0.6) is 0 Å². The SMILES string of the molecule is COCCOCCOCCOCCCN1CCCCC1.COCCOCCOCCOCCCN1CCN(C)CC1.COCCOCCOCCOCCCN1CCOCC1. The highest BCUT2D eigenvalue weighted by molar-refractivity contribution is 4.69. The number of likely N-dealkylation sites (tertiary alicyclic amines) is 1. The maximum atomic E-state index is 5.57. The molecular weight excluding hydrogens is 792 g/mol. The molecule has 3 aliphatic heterocycles. The molecule has 0 radical (unpaired) electrons. The topological polar surface area (TPSA) is 133 Å². The molecule has 0 aliphatic carbocycles. The molecule has 0 N–H and O–H groups in total. The minimum absolute atomic E-state index is 0.611. The number of methoxy groups -OCH3 is 3. The van der Waals surface area contributed by atoms with Crippen LogP contribution in [0.15, 0.2) is 0 Å². The highest BCUT2D eigenvalue weighted by Gasteiger charge is 2.13. The van der Waals surface area contributed by atoms with Crippen molar-refractivity contribution < 1.29 is 61.6 Å². The Balaban J connectivity index is 0.000000458. The summed E-state index contributed by atoms with van der Waals surface area (Å²) in [6, 6.07) is 0. The highest BCUT2D eigenvalue weighted by atomic mass is 16.6. The second-order valence-corrected chi connectivity index (χ2v) is 15.1. The molecule has 0 saturated carbocycles. The van der Waals surface area contributed by atoms with E-state index in [0.717, 1.165) is 78.5 Å². The Hall–Kier alpha value is -0.680. The summed E-state index contributed by atoms with van der Waals surface area (Å²) in [4.78, 5) is 9.85. The van der Waals surface area contributed by atoms with E-state index < -0.39 is 0 Å². The Bertz CT molecular complexity index is 786. The predicted molar refractivity (Wildman–Crippen MR) is 238 cm³/mol. The molecule has 3 fully saturated rings. The summed E-state index contributed by atoms with van der Waals surface area (Å²) in [7, 11) is 7.18. The van der Waals surface area contributed by atoms with Crippen LogP contribution in [0, 0.1) is 0 Å². The number of hydrogen-bond acceptors (Lipinski definition) is 17. The number of likely N-dealkylation sites (N-methyl/N-ethyl adjacent to an activating group) is 1. The maximum absolute atomic E-state index is 5.57.